The molecule has 1 heterocycles. The minimum Gasteiger partial charge on any atom is -0.465 e. The maximum absolute atomic E-state index is 13.0. The average molecular weight is 284 g/mol. The van der Waals surface area contributed by atoms with Crippen LogP contribution in [0.2, 0.25) is 0 Å². The van der Waals surface area contributed by atoms with Crippen LogP contribution in [0.5, 0.6) is 0 Å². The van der Waals surface area contributed by atoms with Gasteiger partial charge in [0.05, 0.1) is 17.8 Å². The van der Waals surface area contributed by atoms with Crippen LogP contribution in [0.4, 0.5) is 13.2 Å². The molecule has 0 fully saturated rings. The first-order chi connectivity index (χ1) is 6.99. The molecular formula is C8H5BrF3NO2. The van der Waals surface area contributed by atoms with Crippen molar-refractivity contribution in [3.05, 3.63) is 27.7 Å². The zero-order valence-electron chi connectivity index (χ0n) is 7.43. The molecule has 0 saturated carbocycles. The number of alkyl halides is 2. The van der Waals surface area contributed by atoms with Gasteiger partial charge in [0, 0.05) is 0 Å². The monoisotopic (exact) mass is 283 g/mol. The highest BCUT2D eigenvalue weighted by Crippen LogP contribution is 2.29. The van der Waals surface area contributed by atoms with Gasteiger partial charge in [0.2, 0.25) is 0 Å². The van der Waals surface area contributed by atoms with E-state index in [1.54, 1.807) is 0 Å². The number of ether oxygens (including phenoxy) is 1. The summed E-state index contributed by atoms with van der Waals surface area (Å²) >= 11 is 2.69. The average Bonchev–Trinajstić information content (AvgIpc) is 2.20. The number of carbonyl (C=O) groups is 1. The van der Waals surface area contributed by atoms with E-state index in [4.69, 9.17) is 0 Å². The molecule has 0 aliphatic carbocycles. The third-order valence-electron chi connectivity index (χ3n) is 1.60. The Kier molecular flexibility index (Phi) is 3.67. The van der Waals surface area contributed by atoms with Gasteiger partial charge < -0.3 is 4.74 Å². The summed E-state index contributed by atoms with van der Waals surface area (Å²) in [6.07, 6.45) is -2.37. The quantitative estimate of drug-likeness (QED) is 0.784. The first-order valence-corrected chi connectivity index (χ1v) is 4.48. The van der Waals surface area contributed by atoms with Crippen LogP contribution in [0.15, 0.2) is 10.7 Å². The topological polar surface area (TPSA) is 39.2 Å². The minimum atomic E-state index is -2.98. The molecule has 1 rings (SSSR count). The lowest BCUT2D eigenvalue weighted by Crippen LogP contribution is -2.10. The predicted molar refractivity (Wildman–Crippen MR) is 48.2 cm³/mol. The maximum Gasteiger partial charge on any atom is 0.341 e. The molecule has 0 bridgehead atoms. The van der Waals surface area contributed by atoms with Crippen molar-refractivity contribution in [1.82, 2.24) is 4.98 Å². The number of aromatic nitrogens is 1. The summed E-state index contributed by atoms with van der Waals surface area (Å²) in [5, 5.41) is 0. The van der Waals surface area contributed by atoms with Gasteiger partial charge in [-0.25, -0.2) is 18.0 Å². The van der Waals surface area contributed by atoms with Gasteiger partial charge in [-0.15, -0.1) is 0 Å². The number of pyridine rings is 1. The molecule has 1 aromatic heterocycles. The Morgan fingerprint density at radius 3 is 2.67 bits per heavy atom. The van der Waals surface area contributed by atoms with Crippen LogP contribution in [-0.2, 0) is 4.74 Å². The molecule has 7 heteroatoms. The molecule has 0 aliphatic rings. The molecule has 0 atom stereocenters. The first kappa shape index (κ1) is 12.0. The number of methoxy groups -OCH3 is 1. The number of hydrogen-bond donors (Lipinski definition) is 0. The smallest absolute Gasteiger partial charge is 0.341 e. The van der Waals surface area contributed by atoms with E-state index in [2.05, 4.69) is 25.7 Å². The van der Waals surface area contributed by atoms with E-state index in [-0.39, 0.29) is 4.47 Å². The van der Waals surface area contributed by atoms with Gasteiger partial charge in [-0.05, 0) is 15.9 Å². The largest absolute Gasteiger partial charge is 0.465 e. The Labute approximate surface area is 91.4 Å². The van der Waals surface area contributed by atoms with E-state index in [1.165, 1.54) is 0 Å². The van der Waals surface area contributed by atoms with E-state index in [0.717, 1.165) is 7.11 Å². The zero-order valence-corrected chi connectivity index (χ0v) is 9.02. The number of nitrogens with zero attached hydrogens (tertiary/aromatic N) is 1. The number of carbonyl (C=O) groups excluding carboxylic acids is 1. The third-order valence-corrected chi connectivity index (χ3v) is 2.37. The molecule has 0 aliphatic heterocycles. The molecule has 0 N–H and O–H groups in total. The van der Waals surface area contributed by atoms with Crippen molar-refractivity contribution < 1.29 is 22.7 Å². The van der Waals surface area contributed by atoms with E-state index in [9.17, 15) is 18.0 Å². The van der Waals surface area contributed by atoms with Crippen molar-refractivity contribution >= 4 is 21.9 Å². The van der Waals surface area contributed by atoms with Crippen LogP contribution >= 0.6 is 15.9 Å². The highest BCUT2D eigenvalue weighted by atomic mass is 79.9. The fourth-order valence-electron chi connectivity index (χ4n) is 0.941. The summed E-state index contributed by atoms with van der Waals surface area (Å²) in [4.78, 5) is 14.3. The van der Waals surface area contributed by atoms with Gasteiger partial charge in [0.15, 0.2) is 5.82 Å². The van der Waals surface area contributed by atoms with Gasteiger partial charge in [-0.3, -0.25) is 4.98 Å². The fourth-order valence-corrected chi connectivity index (χ4v) is 1.41. The molecule has 0 amide bonds. The van der Waals surface area contributed by atoms with Gasteiger partial charge in [-0.2, -0.15) is 0 Å². The Morgan fingerprint density at radius 2 is 2.20 bits per heavy atom. The van der Waals surface area contributed by atoms with E-state index < -0.39 is 29.5 Å². The summed E-state index contributed by atoms with van der Waals surface area (Å²) in [5.41, 5.74) is -1.40. The van der Waals surface area contributed by atoms with Gasteiger partial charge in [0.1, 0.15) is 11.3 Å². The Balaban J connectivity index is 3.41. The number of esters is 1. The Bertz CT molecular complexity index is 398. The van der Waals surface area contributed by atoms with Gasteiger partial charge >= 0.3 is 5.97 Å². The zero-order chi connectivity index (χ0) is 11.6. The molecule has 0 aromatic carbocycles. The van der Waals surface area contributed by atoms with Crippen molar-refractivity contribution in [3.8, 4) is 0 Å². The second-order valence-corrected chi connectivity index (χ2v) is 3.27. The van der Waals surface area contributed by atoms with Crippen molar-refractivity contribution in [1.29, 1.82) is 0 Å². The van der Waals surface area contributed by atoms with Crippen LogP contribution in [-0.4, -0.2) is 18.1 Å². The van der Waals surface area contributed by atoms with Crippen LogP contribution in [0.3, 0.4) is 0 Å². The molecule has 15 heavy (non-hydrogen) atoms. The molecule has 3 nitrogen and oxygen atoms in total. The SMILES string of the molecule is COC(=O)c1c(C(F)F)ncc(F)c1Br. The maximum atomic E-state index is 13.0. The lowest BCUT2D eigenvalue weighted by molar-refractivity contribution is 0.0585. The number of rotatable bonds is 2. The Morgan fingerprint density at radius 1 is 1.60 bits per heavy atom. The first-order valence-electron chi connectivity index (χ1n) is 3.69. The fraction of sp³-hybridized carbons (Fsp3) is 0.250. The minimum absolute atomic E-state index is 0.375. The second-order valence-electron chi connectivity index (χ2n) is 2.47. The summed E-state index contributed by atoms with van der Waals surface area (Å²) < 4.78 is 41.7. The van der Waals surface area contributed by atoms with Gasteiger partial charge in [0.25, 0.3) is 6.43 Å². The molecule has 0 unspecified atom stereocenters. The standard InChI is InChI=1S/C8H5BrF3NO2/c1-15-8(14)4-5(9)3(10)2-13-6(4)7(11)12/h2,7H,1H3. The number of halogens is 4. The van der Waals surface area contributed by atoms with Crippen LogP contribution in [0.1, 0.15) is 22.5 Å². The van der Waals surface area contributed by atoms with Crippen LogP contribution in [0, 0.1) is 5.82 Å². The second kappa shape index (κ2) is 4.61. The third kappa shape index (κ3) is 2.28. The molecule has 0 spiro atoms. The molecule has 82 valence electrons. The highest BCUT2D eigenvalue weighted by molar-refractivity contribution is 9.10. The summed E-state index contributed by atoms with van der Waals surface area (Å²) in [6, 6.07) is 0. The summed E-state index contributed by atoms with van der Waals surface area (Å²) in [7, 11) is 1.01. The van der Waals surface area contributed by atoms with Crippen molar-refractivity contribution in [2.75, 3.05) is 7.11 Å². The van der Waals surface area contributed by atoms with Crippen molar-refractivity contribution in [2.24, 2.45) is 0 Å². The normalized spacial score (nSPS) is 10.5. The predicted octanol–water partition coefficient (Wildman–Crippen LogP) is 2.71. The van der Waals surface area contributed by atoms with Crippen LogP contribution < -0.4 is 0 Å². The molecular weight excluding hydrogens is 279 g/mol. The lowest BCUT2D eigenvalue weighted by atomic mass is 10.2. The highest BCUT2D eigenvalue weighted by Gasteiger charge is 2.25. The van der Waals surface area contributed by atoms with Gasteiger partial charge in [-0.1, -0.05) is 0 Å². The summed E-state index contributed by atoms with van der Waals surface area (Å²) in [6.45, 7) is 0. The lowest BCUT2D eigenvalue weighted by Gasteiger charge is -2.08. The molecule has 0 saturated heterocycles. The Hall–Kier alpha value is -1.11. The van der Waals surface area contributed by atoms with E-state index in [1.807, 2.05) is 0 Å². The molecule has 1 aromatic rings. The number of hydrogen-bond acceptors (Lipinski definition) is 3. The van der Waals surface area contributed by atoms with Crippen molar-refractivity contribution in [2.45, 2.75) is 6.43 Å². The molecule has 0 radical (unpaired) electrons. The van der Waals surface area contributed by atoms with E-state index >= 15 is 0 Å². The van der Waals surface area contributed by atoms with Crippen LogP contribution in [0.25, 0.3) is 0 Å². The van der Waals surface area contributed by atoms with E-state index in [0.29, 0.717) is 6.20 Å². The van der Waals surface area contributed by atoms with Crippen molar-refractivity contribution in [3.63, 3.8) is 0 Å². The summed E-state index contributed by atoms with van der Waals surface area (Å²) in [5.74, 6) is -1.97.